The molecule has 5 aromatic rings. The van der Waals surface area contributed by atoms with Gasteiger partial charge in [0.15, 0.2) is 17.2 Å². The Hall–Kier alpha value is -3.38. The largest absolute Gasteiger partial charge is 0.616 e. The molecule has 0 bridgehead atoms. The molecule has 2 aliphatic rings. The molecule has 0 amide bonds. The Labute approximate surface area is 234 Å². The summed E-state index contributed by atoms with van der Waals surface area (Å²) in [7, 11) is 0. The van der Waals surface area contributed by atoms with E-state index in [1.54, 1.807) is 0 Å². The average molecular weight is 561 g/mol. The van der Waals surface area contributed by atoms with Gasteiger partial charge in [0.05, 0.1) is 30.8 Å². The number of hydrogen-bond donors (Lipinski definition) is 1. The molecule has 0 spiro atoms. The number of hydrogen-bond acceptors (Lipinski definition) is 9. The quantitative estimate of drug-likeness (QED) is 0.294. The van der Waals surface area contributed by atoms with Gasteiger partial charge in [0.2, 0.25) is 5.71 Å². The van der Waals surface area contributed by atoms with E-state index in [1.165, 1.54) is 0 Å². The van der Waals surface area contributed by atoms with Crippen LogP contribution in [0.2, 0.25) is 0 Å². The van der Waals surface area contributed by atoms with E-state index in [1.807, 2.05) is 30.6 Å². The number of anilines is 1. The average Bonchev–Trinajstić information content (AvgIpc) is 3.61. The number of pyridine rings is 1. The molecule has 0 unspecified atom stereocenters. The van der Waals surface area contributed by atoms with Crippen LogP contribution in [-0.4, -0.2) is 86.9 Å². The molecule has 2 aliphatic heterocycles. The normalized spacial score (nSPS) is 17.4. The monoisotopic (exact) mass is 560 g/mol. The van der Waals surface area contributed by atoms with Crippen molar-refractivity contribution >= 4 is 50.1 Å². The Balaban J connectivity index is 1.40. The lowest BCUT2D eigenvalue weighted by molar-refractivity contribution is 0.122. The number of nitrogens with zero attached hydrogens (tertiary/aromatic N) is 5. The molecule has 40 heavy (non-hydrogen) atoms. The van der Waals surface area contributed by atoms with E-state index in [9.17, 15) is 4.55 Å². The van der Waals surface area contributed by atoms with Crippen LogP contribution < -0.4 is 9.64 Å². The summed E-state index contributed by atoms with van der Waals surface area (Å²) in [4.78, 5) is 22.8. The van der Waals surface area contributed by atoms with Crippen LogP contribution in [-0.2, 0) is 22.5 Å². The molecule has 1 aromatic carbocycles. The topological polar surface area (TPSA) is 116 Å². The molecule has 4 aromatic heterocycles. The Bertz CT molecular complexity index is 1660. The van der Waals surface area contributed by atoms with Crippen molar-refractivity contribution in [2.45, 2.75) is 19.9 Å². The summed E-state index contributed by atoms with van der Waals surface area (Å²) in [5.41, 5.74) is 4.86. The van der Waals surface area contributed by atoms with Crippen LogP contribution in [0.4, 0.5) is 5.82 Å². The second-order valence-corrected chi connectivity index (χ2v) is 12.0. The fraction of sp³-hybridized carbons (Fsp3) is 0.414. The van der Waals surface area contributed by atoms with Crippen molar-refractivity contribution in [2.24, 2.45) is 0 Å². The second kappa shape index (κ2) is 10.9. The first-order valence-electron chi connectivity index (χ1n) is 13.9. The summed E-state index contributed by atoms with van der Waals surface area (Å²) in [5, 5.41) is 1.87. The number of furan rings is 1. The number of rotatable bonds is 7. The van der Waals surface area contributed by atoms with Crippen LogP contribution in [0.15, 0.2) is 41.1 Å². The van der Waals surface area contributed by atoms with Crippen molar-refractivity contribution in [1.82, 2.24) is 24.8 Å². The van der Waals surface area contributed by atoms with Gasteiger partial charge in [0.1, 0.15) is 22.8 Å². The van der Waals surface area contributed by atoms with Gasteiger partial charge in [-0.25, -0.2) is 15.0 Å². The molecule has 0 atom stereocenters. The number of ether oxygens (including phenoxy) is 2. The standard InChI is InChI=1S/C29H32N6O4S/c1-2-11-38-23-4-3-22-20(5-6-30-22)24(23)27-32-25-21-16-19(18-34-9-14-40(36)15-10-34)17-31-29(21)39-26(25)28(33-27)35-7-12-37-13-8-35/h3-6,16-17,30H,2,7-15,18H2,1H3. The molecule has 11 heteroatoms. The molecule has 0 radical (unpaired) electrons. The van der Waals surface area contributed by atoms with E-state index in [-0.39, 0.29) is 0 Å². The number of morpholine rings is 1. The van der Waals surface area contributed by atoms with Gasteiger partial charge in [0, 0.05) is 56.0 Å². The Morgan fingerprint density at radius 2 is 1.93 bits per heavy atom. The van der Waals surface area contributed by atoms with Gasteiger partial charge in [0.25, 0.3) is 0 Å². The number of fused-ring (bicyclic) bond motifs is 4. The third-order valence-electron chi connectivity index (χ3n) is 7.58. The molecule has 2 saturated heterocycles. The molecule has 0 saturated carbocycles. The predicted molar refractivity (Wildman–Crippen MR) is 156 cm³/mol. The lowest BCUT2D eigenvalue weighted by atomic mass is 10.1. The molecule has 6 heterocycles. The van der Waals surface area contributed by atoms with Gasteiger partial charge in [-0.05, 0) is 36.2 Å². The van der Waals surface area contributed by atoms with E-state index in [4.69, 9.17) is 28.8 Å². The molecular weight excluding hydrogens is 528 g/mol. The predicted octanol–water partition coefficient (Wildman–Crippen LogP) is 4.11. The first-order valence-corrected chi connectivity index (χ1v) is 15.4. The lowest BCUT2D eigenvalue weighted by Gasteiger charge is -2.28. The van der Waals surface area contributed by atoms with Crippen LogP contribution in [0, 0.1) is 0 Å². The zero-order chi connectivity index (χ0) is 27.1. The van der Waals surface area contributed by atoms with Crippen LogP contribution >= 0.6 is 0 Å². The van der Waals surface area contributed by atoms with Crippen LogP contribution in [0.1, 0.15) is 18.9 Å². The molecule has 10 nitrogen and oxygen atoms in total. The van der Waals surface area contributed by atoms with E-state index >= 15 is 0 Å². The molecule has 1 N–H and O–H groups in total. The molecular formula is C29H32N6O4S. The number of aromatic nitrogens is 4. The van der Waals surface area contributed by atoms with Crippen LogP contribution in [0.5, 0.6) is 5.75 Å². The zero-order valence-corrected chi connectivity index (χ0v) is 23.3. The Kier molecular flexibility index (Phi) is 6.96. The summed E-state index contributed by atoms with van der Waals surface area (Å²) in [6.07, 6.45) is 4.70. The Morgan fingerprint density at radius 1 is 1.07 bits per heavy atom. The van der Waals surface area contributed by atoms with Gasteiger partial charge < -0.3 is 28.3 Å². The minimum Gasteiger partial charge on any atom is -0.616 e. The minimum absolute atomic E-state index is 0.543. The number of H-pyrrole nitrogens is 1. The number of nitrogens with one attached hydrogen (secondary N) is 1. The van der Waals surface area contributed by atoms with Crippen LogP contribution in [0.25, 0.3) is 44.5 Å². The van der Waals surface area contributed by atoms with Gasteiger partial charge in [-0.15, -0.1) is 0 Å². The Morgan fingerprint density at radius 3 is 2.75 bits per heavy atom. The minimum atomic E-state index is -0.706. The third kappa shape index (κ3) is 4.77. The summed E-state index contributed by atoms with van der Waals surface area (Å²) < 4.78 is 30.0. The highest BCUT2D eigenvalue weighted by Crippen LogP contribution is 2.40. The number of benzene rings is 1. The highest BCUT2D eigenvalue weighted by molar-refractivity contribution is 7.91. The van der Waals surface area contributed by atoms with E-state index < -0.39 is 11.2 Å². The maximum Gasteiger partial charge on any atom is 0.229 e. The first kappa shape index (κ1) is 25.6. The van der Waals surface area contributed by atoms with E-state index in [2.05, 4.69) is 27.8 Å². The highest BCUT2D eigenvalue weighted by Gasteiger charge is 2.26. The van der Waals surface area contributed by atoms with Gasteiger partial charge in [-0.2, -0.15) is 0 Å². The van der Waals surface area contributed by atoms with Crippen molar-refractivity contribution < 1.29 is 18.4 Å². The maximum atomic E-state index is 11.8. The third-order valence-corrected chi connectivity index (χ3v) is 8.85. The van der Waals surface area contributed by atoms with Crippen molar-refractivity contribution in [2.75, 3.05) is 62.4 Å². The van der Waals surface area contributed by atoms with Gasteiger partial charge in [-0.1, -0.05) is 18.1 Å². The first-order chi connectivity index (χ1) is 19.7. The molecule has 208 valence electrons. The van der Waals surface area contributed by atoms with E-state index in [0.29, 0.717) is 50.0 Å². The summed E-state index contributed by atoms with van der Waals surface area (Å²) in [6.45, 7) is 7.78. The van der Waals surface area contributed by atoms with Gasteiger partial charge >= 0.3 is 0 Å². The smallest absolute Gasteiger partial charge is 0.229 e. The zero-order valence-electron chi connectivity index (χ0n) is 22.5. The number of aromatic amines is 1. The lowest BCUT2D eigenvalue weighted by Crippen LogP contribution is -2.39. The SMILES string of the molecule is CCCOc1ccc2[nH]ccc2c1-c1nc(N2CCOCC2)c2oc3ncc(CN4CC[S+]([O-])CC4)cc3c2n1. The molecule has 2 fully saturated rings. The fourth-order valence-electron chi connectivity index (χ4n) is 5.51. The van der Waals surface area contributed by atoms with Crippen molar-refractivity contribution in [1.29, 1.82) is 0 Å². The molecule has 0 aliphatic carbocycles. The summed E-state index contributed by atoms with van der Waals surface area (Å²) in [6, 6.07) is 8.20. The maximum absolute atomic E-state index is 11.8. The van der Waals surface area contributed by atoms with Crippen molar-refractivity contribution in [3.8, 4) is 17.1 Å². The summed E-state index contributed by atoms with van der Waals surface area (Å²) >= 11 is -0.706. The van der Waals surface area contributed by atoms with Crippen LogP contribution in [0.3, 0.4) is 0 Å². The van der Waals surface area contributed by atoms with Gasteiger partial charge in [-0.3, -0.25) is 4.90 Å². The fourth-order valence-corrected chi connectivity index (χ4v) is 6.64. The van der Waals surface area contributed by atoms with Crippen molar-refractivity contribution in [3.63, 3.8) is 0 Å². The van der Waals surface area contributed by atoms with E-state index in [0.717, 1.165) is 82.1 Å². The highest BCUT2D eigenvalue weighted by atomic mass is 32.2. The van der Waals surface area contributed by atoms with Crippen molar-refractivity contribution in [3.05, 3.63) is 42.2 Å². The second-order valence-electron chi connectivity index (χ2n) is 10.3. The summed E-state index contributed by atoms with van der Waals surface area (Å²) in [5.74, 6) is 3.54. The molecule has 7 rings (SSSR count).